The number of nitrogens with two attached hydrogens (primary N) is 1. The summed E-state index contributed by atoms with van der Waals surface area (Å²) in [7, 11) is 0. The summed E-state index contributed by atoms with van der Waals surface area (Å²) in [5.74, 6) is 0.477. The van der Waals surface area contributed by atoms with Crippen LogP contribution in [0.4, 0.5) is 0 Å². The molecule has 0 unspecified atom stereocenters. The van der Waals surface area contributed by atoms with Crippen molar-refractivity contribution < 1.29 is 9.84 Å². The lowest BCUT2D eigenvalue weighted by Crippen LogP contribution is -2.38. The smallest absolute Gasteiger partial charge is 0.143 e. The van der Waals surface area contributed by atoms with Crippen molar-refractivity contribution in [3.05, 3.63) is 27.7 Å². The maximum atomic E-state index is 9.76. The van der Waals surface area contributed by atoms with E-state index in [1.807, 2.05) is 0 Å². The molecule has 0 bridgehead atoms. The van der Waals surface area contributed by atoms with E-state index in [1.54, 1.807) is 12.1 Å². The molecule has 0 amide bonds. The van der Waals surface area contributed by atoms with Crippen molar-refractivity contribution in [2.24, 2.45) is 5.73 Å². The SMILES string of the molecule is N[C@@H]1COc2c(Cl)cc(Cl)cc2[C@@H]1O. The molecule has 0 fully saturated rings. The molecule has 2 atom stereocenters. The Morgan fingerprint density at radius 3 is 2.86 bits per heavy atom. The summed E-state index contributed by atoms with van der Waals surface area (Å²) in [5, 5.41) is 10.6. The van der Waals surface area contributed by atoms with E-state index in [-0.39, 0.29) is 6.61 Å². The topological polar surface area (TPSA) is 55.5 Å². The van der Waals surface area contributed by atoms with Gasteiger partial charge in [0.25, 0.3) is 0 Å². The average Bonchev–Trinajstić information content (AvgIpc) is 2.12. The lowest BCUT2D eigenvalue weighted by Gasteiger charge is -2.28. The van der Waals surface area contributed by atoms with Gasteiger partial charge < -0.3 is 15.6 Å². The summed E-state index contributed by atoms with van der Waals surface area (Å²) >= 11 is 11.7. The zero-order valence-corrected chi connectivity index (χ0v) is 8.72. The van der Waals surface area contributed by atoms with Crippen molar-refractivity contribution in [3.63, 3.8) is 0 Å². The molecule has 0 aromatic heterocycles. The minimum atomic E-state index is -0.769. The quantitative estimate of drug-likeness (QED) is 0.718. The van der Waals surface area contributed by atoms with Gasteiger partial charge in [0.15, 0.2) is 0 Å². The molecule has 0 spiro atoms. The van der Waals surface area contributed by atoms with Crippen LogP contribution in [0.3, 0.4) is 0 Å². The largest absolute Gasteiger partial charge is 0.490 e. The van der Waals surface area contributed by atoms with E-state index in [9.17, 15) is 5.11 Å². The lowest BCUT2D eigenvalue weighted by molar-refractivity contribution is 0.0916. The van der Waals surface area contributed by atoms with Gasteiger partial charge in [0, 0.05) is 10.6 Å². The number of benzene rings is 1. The Hall–Kier alpha value is -0.480. The molecule has 14 heavy (non-hydrogen) atoms. The molecule has 1 aliphatic heterocycles. The molecule has 0 saturated carbocycles. The fraction of sp³-hybridized carbons (Fsp3) is 0.333. The van der Waals surface area contributed by atoms with Crippen LogP contribution in [-0.4, -0.2) is 17.8 Å². The van der Waals surface area contributed by atoms with Gasteiger partial charge in [-0.15, -0.1) is 0 Å². The molecule has 5 heteroatoms. The first-order valence-corrected chi connectivity index (χ1v) is 4.90. The third kappa shape index (κ3) is 1.57. The number of halogens is 2. The van der Waals surface area contributed by atoms with E-state index in [0.29, 0.717) is 21.4 Å². The van der Waals surface area contributed by atoms with Gasteiger partial charge in [-0.05, 0) is 12.1 Å². The van der Waals surface area contributed by atoms with Crippen molar-refractivity contribution >= 4 is 23.2 Å². The molecule has 0 radical (unpaired) electrons. The van der Waals surface area contributed by atoms with Crippen LogP contribution in [0.15, 0.2) is 12.1 Å². The van der Waals surface area contributed by atoms with Gasteiger partial charge in [-0.2, -0.15) is 0 Å². The molecule has 0 saturated heterocycles. The molecular weight excluding hydrogens is 225 g/mol. The Labute approximate surface area is 91.4 Å². The molecular formula is C9H9Cl2NO2. The van der Waals surface area contributed by atoms with Crippen LogP contribution in [0.2, 0.25) is 10.0 Å². The van der Waals surface area contributed by atoms with E-state index in [1.165, 1.54) is 0 Å². The van der Waals surface area contributed by atoms with Crippen molar-refractivity contribution in [1.82, 2.24) is 0 Å². The first-order chi connectivity index (χ1) is 6.59. The highest BCUT2D eigenvalue weighted by molar-refractivity contribution is 6.35. The second-order valence-electron chi connectivity index (χ2n) is 3.23. The second kappa shape index (κ2) is 3.59. The maximum absolute atomic E-state index is 9.76. The highest BCUT2D eigenvalue weighted by Crippen LogP contribution is 2.39. The highest BCUT2D eigenvalue weighted by Gasteiger charge is 2.28. The molecule has 1 aromatic rings. The number of aliphatic hydroxyl groups is 1. The predicted octanol–water partition coefficient (Wildman–Crippen LogP) is 1.75. The Balaban J connectivity index is 2.54. The number of hydrogen-bond acceptors (Lipinski definition) is 3. The average molecular weight is 234 g/mol. The highest BCUT2D eigenvalue weighted by atomic mass is 35.5. The first-order valence-electron chi connectivity index (χ1n) is 4.15. The van der Waals surface area contributed by atoms with Crippen molar-refractivity contribution in [1.29, 1.82) is 0 Å². The van der Waals surface area contributed by atoms with E-state index < -0.39 is 12.1 Å². The van der Waals surface area contributed by atoms with E-state index in [4.69, 9.17) is 33.7 Å². The zero-order chi connectivity index (χ0) is 10.3. The number of ether oxygens (including phenoxy) is 1. The fourth-order valence-corrected chi connectivity index (χ4v) is 2.02. The Morgan fingerprint density at radius 2 is 2.14 bits per heavy atom. The van der Waals surface area contributed by atoms with Gasteiger partial charge in [-0.25, -0.2) is 0 Å². The number of rotatable bonds is 0. The molecule has 76 valence electrons. The maximum Gasteiger partial charge on any atom is 0.143 e. The van der Waals surface area contributed by atoms with Crippen LogP contribution < -0.4 is 10.5 Å². The summed E-state index contributed by atoms with van der Waals surface area (Å²) in [6.07, 6.45) is -0.769. The molecule has 2 rings (SSSR count). The second-order valence-corrected chi connectivity index (χ2v) is 4.07. The minimum Gasteiger partial charge on any atom is -0.490 e. The Bertz CT molecular complexity index is 370. The summed E-state index contributed by atoms with van der Waals surface area (Å²) in [6.45, 7) is 0.259. The van der Waals surface area contributed by atoms with Crippen molar-refractivity contribution in [2.45, 2.75) is 12.1 Å². The van der Waals surface area contributed by atoms with Crippen LogP contribution in [0.25, 0.3) is 0 Å². The zero-order valence-electron chi connectivity index (χ0n) is 7.21. The van der Waals surface area contributed by atoms with Crippen LogP contribution in [-0.2, 0) is 0 Å². The summed E-state index contributed by atoms with van der Waals surface area (Å²) < 4.78 is 5.32. The standard InChI is InChI=1S/C9H9Cl2NO2/c10-4-1-5-8(13)7(12)3-14-9(5)6(11)2-4/h1-2,7-8,13H,3,12H2/t7-,8+/m1/s1. The molecule has 3 nitrogen and oxygen atoms in total. The van der Waals surface area contributed by atoms with Crippen molar-refractivity contribution in [3.8, 4) is 5.75 Å². The van der Waals surface area contributed by atoms with Crippen molar-refractivity contribution in [2.75, 3.05) is 6.61 Å². The van der Waals surface area contributed by atoms with E-state index >= 15 is 0 Å². The molecule has 1 heterocycles. The van der Waals surface area contributed by atoms with Gasteiger partial charge in [-0.3, -0.25) is 0 Å². The first kappa shape index (κ1) is 10.1. The van der Waals surface area contributed by atoms with Gasteiger partial charge in [0.2, 0.25) is 0 Å². The number of fused-ring (bicyclic) bond motifs is 1. The Morgan fingerprint density at radius 1 is 1.43 bits per heavy atom. The summed E-state index contributed by atoms with van der Waals surface area (Å²) in [5.41, 5.74) is 6.19. The minimum absolute atomic E-state index is 0.259. The van der Waals surface area contributed by atoms with Gasteiger partial charge >= 0.3 is 0 Å². The van der Waals surface area contributed by atoms with E-state index in [2.05, 4.69) is 0 Å². The predicted molar refractivity (Wildman–Crippen MR) is 54.9 cm³/mol. The summed E-state index contributed by atoms with van der Waals surface area (Å²) in [6, 6.07) is 2.76. The normalized spacial score (nSPS) is 25.4. The van der Waals surface area contributed by atoms with Gasteiger partial charge in [0.05, 0.1) is 11.1 Å². The van der Waals surface area contributed by atoms with Crippen LogP contribution in [0, 0.1) is 0 Å². The van der Waals surface area contributed by atoms with Gasteiger partial charge in [0.1, 0.15) is 18.5 Å². The number of aliphatic hydroxyl groups excluding tert-OH is 1. The van der Waals surface area contributed by atoms with E-state index in [0.717, 1.165) is 0 Å². The lowest BCUT2D eigenvalue weighted by atomic mass is 10.00. The fourth-order valence-electron chi connectivity index (χ4n) is 1.45. The van der Waals surface area contributed by atoms with Crippen LogP contribution >= 0.6 is 23.2 Å². The molecule has 3 N–H and O–H groups in total. The van der Waals surface area contributed by atoms with Crippen LogP contribution in [0.1, 0.15) is 11.7 Å². The molecule has 1 aliphatic rings. The third-order valence-corrected chi connectivity index (χ3v) is 2.68. The van der Waals surface area contributed by atoms with Crippen LogP contribution in [0.5, 0.6) is 5.75 Å². The molecule has 1 aromatic carbocycles. The third-order valence-electron chi connectivity index (χ3n) is 2.18. The number of hydrogen-bond donors (Lipinski definition) is 2. The monoisotopic (exact) mass is 233 g/mol. The summed E-state index contributed by atoms with van der Waals surface area (Å²) in [4.78, 5) is 0. The van der Waals surface area contributed by atoms with Gasteiger partial charge in [-0.1, -0.05) is 23.2 Å². The molecule has 0 aliphatic carbocycles. The Kier molecular flexibility index (Phi) is 2.58.